The first-order chi connectivity index (χ1) is 15.3. The van der Waals surface area contributed by atoms with Crippen molar-refractivity contribution in [1.82, 2.24) is 4.57 Å². The van der Waals surface area contributed by atoms with Gasteiger partial charge in [-0.2, -0.15) is 5.26 Å². The van der Waals surface area contributed by atoms with E-state index in [1.807, 2.05) is 54.8 Å². The van der Waals surface area contributed by atoms with Gasteiger partial charge in [-0.3, -0.25) is 4.79 Å². The van der Waals surface area contributed by atoms with Gasteiger partial charge in [-0.05, 0) is 80.1 Å². The van der Waals surface area contributed by atoms with E-state index in [0.29, 0.717) is 5.69 Å². The monoisotopic (exact) mass is 429 g/mol. The molecule has 3 rings (SSSR count). The lowest BCUT2D eigenvalue weighted by molar-refractivity contribution is -0.129. The zero-order valence-electron chi connectivity index (χ0n) is 18.3. The number of carbonyl (C=O) groups excluding carboxylic acids is 2. The number of hydrogen-bond acceptors (Lipinski definition) is 5. The summed E-state index contributed by atoms with van der Waals surface area (Å²) in [6.07, 6.45) is 1.52. The van der Waals surface area contributed by atoms with Gasteiger partial charge in [-0.25, -0.2) is 4.79 Å². The zero-order chi connectivity index (χ0) is 23.3. The smallest absolute Gasteiger partial charge is 0.354 e. The molecule has 0 saturated carbocycles. The van der Waals surface area contributed by atoms with E-state index in [1.54, 1.807) is 31.4 Å². The van der Waals surface area contributed by atoms with Crippen LogP contribution in [-0.4, -0.2) is 23.6 Å². The van der Waals surface area contributed by atoms with E-state index >= 15 is 0 Å². The van der Waals surface area contributed by atoms with Crippen molar-refractivity contribution in [1.29, 1.82) is 5.26 Å². The minimum atomic E-state index is -0.756. The number of aromatic nitrogens is 1. The molecule has 1 N–H and O–H groups in total. The Bertz CT molecular complexity index is 1210. The van der Waals surface area contributed by atoms with Crippen LogP contribution in [-0.2, 0) is 9.59 Å². The van der Waals surface area contributed by atoms with Crippen LogP contribution in [0.2, 0.25) is 0 Å². The van der Waals surface area contributed by atoms with Crippen LogP contribution in [0.25, 0.3) is 11.8 Å². The number of nitrogens with one attached hydrogen (secondary N) is 1. The van der Waals surface area contributed by atoms with E-state index in [4.69, 9.17) is 9.47 Å². The molecule has 162 valence electrons. The Balaban J connectivity index is 1.83. The van der Waals surface area contributed by atoms with Crippen LogP contribution in [0.1, 0.15) is 23.9 Å². The summed E-state index contributed by atoms with van der Waals surface area (Å²) in [5.74, 6) is 0.0793. The Labute approximate surface area is 186 Å². The maximum absolute atomic E-state index is 12.6. The van der Waals surface area contributed by atoms with Gasteiger partial charge in [0.05, 0.1) is 7.11 Å². The van der Waals surface area contributed by atoms with E-state index in [-0.39, 0.29) is 17.2 Å². The summed E-state index contributed by atoms with van der Waals surface area (Å²) in [4.78, 5) is 23.7. The highest BCUT2D eigenvalue weighted by Gasteiger charge is 2.16. The third-order valence-corrected chi connectivity index (χ3v) is 4.83. The number of hydrogen-bond donors (Lipinski definition) is 1. The van der Waals surface area contributed by atoms with E-state index in [0.717, 1.165) is 28.4 Å². The van der Waals surface area contributed by atoms with Crippen molar-refractivity contribution in [2.75, 3.05) is 12.4 Å². The van der Waals surface area contributed by atoms with Gasteiger partial charge in [-0.1, -0.05) is 0 Å². The van der Waals surface area contributed by atoms with Crippen molar-refractivity contribution in [2.24, 2.45) is 0 Å². The number of nitriles is 1. The van der Waals surface area contributed by atoms with Crippen molar-refractivity contribution < 1.29 is 19.1 Å². The molecule has 0 aliphatic carbocycles. The fourth-order valence-corrected chi connectivity index (χ4v) is 3.33. The fraction of sp³-hybridized carbons (Fsp3) is 0.160. The van der Waals surface area contributed by atoms with Gasteiger partial charge in [0.2, 0.25) is 5.91 Å². The van der Waals surface area contributed by atoms with Crippen LogP contribution in [0.5, 0.6) is 11.5 Å². The molecule has 0 fully saturated rings. The molecule has 0 aliphatic rings. The number of carbonyl (C=O) groups is 2. The number of rotatable bonds is 6. The summed E-state index contributed by atoms with van der Waals surface area (Å²) in [5, 5.41) is 12.2. The number of esters is 1. The summed E-state index contributed by atoms with van der Waals surface area (Å²) in [7, 11) is 1.62. The lowest BCUT2D eigenvalue weighted by atomic mass is 10.1. The van der Waals surface area contributed by atoms with Gasteiger partial charge < -0.3 is 19.4 Å². The molecular formula is C25H23N3O4. The summed E-state index contributed by atoms with van der Waals surface area (Å²) in [5.41, 5.74) is 3.99. The summed E-state index contributed by atoms with van der Waals surface area (Å²) in [6.45, 7) is 5.28. The maximum Gasteiger partial charge on any atom is 0.354 e. The molecule has 0 unspecified atom stereocenters. The third kappa shape index (κ3) is 5.05. The predicted octanol–water partition coefficient (Wildman–Crippen LogP) is 4.57. The molecule has 32 heavy (non-hydrogen) atoms. The van der Waals surface area contributed by atoms with Crippen molar-refractivity contribution in [3.05, 3.63) is 77.1 Å². The molecule has 0 bridgehead atoms. The summed E-state index contributed by atoms with van der Waals surface area (Å²) >= 11 is 0. The Morgan fingerprint density at radius 3 is 2.22 bits per heavy atom. The van der Waals surface area contributed by atoms with Gasteiger partial charge in [0.15, 0.2) is 0 Å². The molecule has 0 spiro atoms. The van der Waals surface area contributed by atoms with E-state index in [1.165, 1.54) is 13.0 Å². The predicted molar refractivity (Wildman–Crippen MR) is 122 cm³/mol. The number of ether oxygens (including phenoxy) is 2. The first-order valence-electron chi connectivity index (χ1n) is 9.87. The first-order valence-corrected chi connectivity index (χ1v) is 9.87. The van der Waals surface area contributed by atoms with Crippen molar-refractivity contribution in [3.63, 3.8) is 0 Å². The molecule has 2 aromatic carbocycles. The number of methoxy groups -OCH3 is 1. The number of benzene rings is 2. The van der Waals surface area contributed by atoms with Crippen molar-refractivity contribution >= 4 is 23.6 Å². The van der Waals surface area contributed by atoms with Crippen LogP contribution >= 0.6 is 0 Å². The van der Waals surface area contributed by atoms with Crippen LogP contribution in [0.15, 0.2) is 60.2 Å². The molecule has 0 atom stereocenters. The van der Waals surface area contributed by atoms with Gasteiger partial charge in [0, 0.05) is 29.7 Å². The lowest BCUT2D eigenvalue weighted by Crippen LogP contribution is -2.10. The topological polar surface area (TPSA) is 93.3 Å². The minimum Gasteiger partial charge on any atom is -0.497 e. The van der Waals surface area contributed by atoms with E-state index < -0.39 is 5.97 Å². The molecule has 0 radical (unpaired) electrons. The number of aryl methyl sites for hydroxylation is 1. The number of anilines is 1. The zero-order valence-corrected chi connectivity index (χ0v) is 18.3. The molecule has 0 saturated heterocycles. The Morgan fingerprint density at radius 1 is 1.03 bits per heavy atom. The standard InChI is InChI=1S/C25H23N3O4/c1-16-13-19(17(2)28(16)22-7-11-23(31-4)12-8-22)14-20(15-26)25(30)32-24-9-5-21(6-10-24)27-18(3)29/h5-14H,1-4H3,(H,27,29)/b20-14-. The minimum absolute atomic E-state index is 0.120. The summed E-state index contributed by atoms with van der Waals surface area (Å²) < 4.78 is 12.6. The van der Waals surface area contributed by atoms with E-state index in [2.05, 4.69) is 5.32 Å². The highest BCUT2D eigenvalue weighted by Crippen LogP contribution is 2.25. The molecule has 1 aromatic heterocycles. The second-order valence-corrected chi connectivity index (χ2v) is 7.12. The quantitative estimate of drug-likeness (QED) is 0.268. The highest BCUT2D eigenvalue weighted by atomic mass is 16.5. The molecule has 1 amide bonds. The number of amides is 1. The molecule has 0 aliphatic heterocycles. The normalized spacial score (nSPS) is 10.9. The Kier molecular flexibility index (Phi) is 6.76. The van der Waals surface area contributed by atoms with E-state index in [9.17, 15) is 14.9 Å². The molecule has 7 nitrogen and oxygen atoms in total. The highest BCUT2D eigenvalue weighted by molar-refractivity contribution is 5.99. The van der Waals surface area contributed by atoms with Gasteiger partial charge >= 0.3 is 5.97 Å². The van der Waals surface area contributed by atoms with Crippen LogP contribution in [0, 0.1) is 25.2 Å². The van der Waals surface area contributed by atoms with Gasteiger partial charge in [0.25, 0.3) is 0 Å². The molecular weight excluding hydrogens is 406 g/mol. The second-order valence-electron chi connectivity index (χ2n) is 7.12. The number of nitrogens with zero attached hydrogens (tertiary/aromatic N) is 2. The van der Waals surface area contributed by atoms with Crippen LogP contribution in [0.4, 0.5) is 5.69 Å². The maximum atomic E-state index is 12.6. The SMILES string of the molecule is COc1ccc(-n2c(C)cc(/C=C(/C#N)C(=O)Oc3ccc(NC(C)=O)cc3)c2C)cc1. The fourth-order valence-electron chi connectivity index (χ4n) is 3.33. The van der Waals surface area contributed by atoms with Gasteiger partial charge in [-0.15, -0.1) is 0 Å². The summed E-state index contributed by atoms with van der Waals surface area (Å²) in [6, 6.07) is 17.8. The molecule has 7 heteroatoms. The molecule has 3 aromatic rings. The van der Waals surface area contributed by atoms with Crippen LogP contribution in [0.3, 0.4) is 0 Å². The second kappa shape index (κ2) is 9.67. The van der Waals surface area contributed by atoms with Crippen molar-refractivity contribution in [3.8, 4) is 23.3 Å². The third-order valence-electron chi connectivity index (χ3n) is 4.83. The van der Waals surface area contributed by atoms with Gasteiger partial charge in [0.1, 0.15) is 23.1 Å². The Morgan fingerprint density at radius 2 is 1.66 bits per heavy atom. The largest absolute Gasteiger partial charge is 0.497 e. The average Bonchev–Trinajstić information content (AvgIpc) is 3.05. The Hall–Kier alpha value is -4.31. The average molecular weight is 429 g/mol. The molecule has 1 heterocycles. The lowest BCUT2D eigenvalue weighted by Gasteiger charge is -2.10. The first kappa shape index (κ1) is 22.4. The van der Waals surface area contributed by atoms with Crippen LogP contribution < -0.4 is 14.8 Å². The van der Waals surface area contributed by atoms with Crippen molar-refractivity contribution in [2.45, 2.75) is 20.8 Å².